The molecule has 0 aliphatic carbocycles. The zero-order chi connectivity index (χ0) is 36.5. The van der Waals surface area contributed by atoms with Gasteiger partial charge in [-0.25, -0.2) is 0 Å². The third-order valence-electron chi connectivity index (χ3n) is 9.72. The summed E-state index contributed by atoms with van der Waals surface area (Å²) in [4.78, 5) is 1.87. The Bertz CT molecular complexity index is 3030. The van der Waals surface area contributed by atoms with Gasteiger partial charge in [0.05, 0.1) is 5.48 Å². The molecule has 0 N–H and O–H groups in total. The minimum absolute atomic E-state index is 0.110. The highest BCUT2D eigenvalue weighted by Crippen LogP contribution is 2.42. The lowest BCUT2D eigenvalue weighted by atomic mass is 9.94. The molecule has 0 spiro atoms. The van der Waals surface area contributed by atoms with Gasteiger partial charge < -0.3 is 9.32 Å². The second-order valence-corrected chi connectivity index (χ2v) is 12.6. The second-order valence-electron chi connectivity index (χ2n) is 12.6. The van der Waals surface area contributed by atoms with Gasteiger partial charge in [-0.15, -0.1) is 0 Å². The van der Waals surface area contributed by atoms with E-state index < -0.39 is 0 Å². The molecule has 0 saturated carbocycles. The summed E-state index contributed by atoms with van der Waals surface area (Å²) in [5.41, 5.74) is 6.05. The summed E-state index contributed by atoms with van der Waals surface area (Å²) in [7, 11) is 0. The van der Waals surface area contributed by atoms with Crippen LogP contribution in [0.4, 0.5) is 17.1 Å². The van der Waals surface area contributed by atoms with Crippen LogP contribution in [0.15, 0.2) is 192 Å². The molecule has 0 aliphatic heterocycles. The summed E-state index contributed by atoms with van der Waals surface area (Å²) in [6.07, 6.45) is 0. The van der Waals surface area contributed by atoms with Crippen molar-refractivity contribution < 1.29 is 9.90 Å². The third kappa shape index (κ3) is 4.65. The van der Waals surface area contributed by atoms with Crippen molar-refractivity contribution in [2.75, 3.05) is 4.90 Å². The molecule has 10 aromatic rings. The van der Waals surface area contributed by atoms with Gasteiger partial charge in [0.1, 0.15) is 11.2 Å². The molecule has 0 atom stereocenters. The molecule has 0 bridgehead atoms. The molecule has 1 aromatic heterocycles. The molecule has 0 saturated heterocycles. The summed E-state index contributed by atoms with van der Waals surface area (Å²) in [5, 5.41) is 8.51. The molecule has 10 rings (SSSR count). The van der Waals surface area contributed by atoms with E-state index in [1.54, 1.807) is 0 Å². The fourth-order valence-corrected chi connectivity index (χ4v) is 7.32. The highest BCUT2D eigenvalue weighted by Gasteiger charge is 2.17. The summed E-state index contributed by atoms with van der Waals surface area (Å²) >= 11 is 0. The Labute approximate surface area is 295 Å². The van der Waals surface area contributed by atoms with Gasteiger partial charge in [0, 0.05) is 27.8 Å². The van der Waals surface area contributed by atoms with E-state index in [1.807, 2.05) is 102 Å². The number of anilines is 3. The first-order valence-electron chi connectivity index (χ1n) is 18.8. The Hall–Kier alpha value is -6.64. The van der Waals surface area contributed by atoms with Crippen molar-refractivity contribution >= 4 is 71.3 Å². The minimum atomic E-state index is -0.126. The second kappa shape index (κ2) is 11.5. The van der Waals surface area contributed by atoms with E-state index in [9.17, 15) is 5.48 Å². The Morgan fingerprint density at radius 3 is 1.54 bits per heavy atom. The number of rotatable bonds is 5. The van der Waals surface area contributed by atoms with Gasteiger partial charge in [0.15, 0.2) is 0 Å². The van der Waals surface area contributed by atoms with E-state index in [-0.39, 0.29) is 35.4 Å². The molecule has 0 unspecified atom stereocenters. The molecule has 50 heavy (non-hydrogen) atoms. The van der Waals surface area contributed by atoms with Gasteiger partial charge in [0.2, 0.25) is 0 Å². The summed E-state index contributed by atoms with van der Waals surface area (Å²) in [6.45, 7) is 0. The molecular formula is C48H31NO. The van der Waals surface area contributed by atoms with E-state index in [0.717, 1.165) is 65.8 Å². The predicted octanol–water partition coefficient (Wildman–Crippen LogP) is 13.8. The molecule has 9 aromatic carbocycles. The normalized spacial score (nSPS) is 12.7. The molecule has 1 heterocycles. The fourth-order valence-electron chi connectivity index (χ4n) is 7.32. The number of fused-ring (bicyclic) bond motifs is 9. The van der Waals surface area contributed by atoms with Crippen molar-refractivity contribution in [3.8, 4) is 22.3 Å². The third-order valence-corrected chi connectivity index (χ3v) is 9.72. The van der Waals surface area contributed by atoms with Gasteiger partial charge in [-0.2, -0.15) is 0 Å². The van der Waals surface area contributed by atoms with E-state index in [4.69, 9.17) is 4.42 Å². The number of hydrogen-bond acceptors (Lipinski definition) is 2. The zero-order valence-electron chi connectivity index (χ0n) is 30.9. The van der Waals surface area contributed by atoms with Crippen LogP contribution in [0.25, 0.3) is 76.5 Å². The predicted molar refractivity (Wildman–Crippen MR) is 212 cm³/mol. The molecule has 0 aliphatic rings. The highest BCUT2D eigenvalue weighted by atomic mass is 16.3. The molecule has 2 heteroatoms. The first-order valence-corrected chi connectivity index (χ1v) is 16.8. The van der Waals surface area contributed by atoms with Crippen LogP contribution in [-0.2, 0) is 0 Å². The Morgan fingerprint density at radius 1 is 0.320 bits per heavy atom. The average Bonchev–Trinajstić information content (AvgIpc) is 3.60. The van der Waals surface area contributed by atoms with Crippen LogP contribution in [0.5, 0.6) is 0 Å². The standard InChI is InChI=1S/C48H31NO/c1-2-10-32(11-3-1)33-18-23-36(24-19-33)49(38-27-28-43-41-14-5-4-12-39(41)40-13-6-7-15-42(40)45(43)31-38)37-25-20-34(21-26-37)35-22-29-48-46(30-35)44-16-8-9-17-47(44)50-48/h1-31H/i20D,21D,25D,26D. The van der Waals surface area contributed by atoms with Crippen LogP contribution < -0.4 is 4.90 Å². The first kappa shape index (κ1) is 24.5. The highest BCUT2D eigenvalue weighted by molar-refractivity contribution is 6.25. The molecule has 234 valence electrons. The smallest absolute Gasteiger partial charge is 0.135 e. The lowest BCUT2D eigenvalue weighted by Gasteiger charge is -2.26. The van der Waals surface area contributed by atoms with Crippen LogP contribution in [0.3, 0.4) is 0 Å². The first-order chi connectivity index (χ1) is 26.5. The molecule has 0 fully saturated rings. The topological polar surface area (TPSA) is 16.4 Å². The summed E-state index contributed by atoms with van der Waals surface area (Å²) in [5.74, 6) is 0. The van der Waals surface area contributed by atoms with Crippen molar-refractivity contribution in [3.05, 3.63) is 188 Å². The van der Waals surface area contributed by atoms with Crippen molar-refractivity contribution in [2.45, 2.75) is 0 Å². The number of hydrogen-bond donors (Lipinski definition) is 0. The van der Waals surface area contributed by atoms with Crippen LogP contribution in [0.1, 0.15) is 5.48 Å². The molecule has 2 nitrogen and oxygen atoms in total. The maximum atomic E-state index is 9.54. The van der Waals surface area contributed by atoms with Crippen molar-refractivity contribution in [1.82, 2.24) is 0 Å². The van der Waals surface area contributed by atoms with Gasteiger partial charge in [-0.3, -0.25) is 0 Å². The molecular weight excluding hydrogens is 607 g/mol. The Kier molecular flexibility index (Phi) is 5.64. The van der Waals surface area contributed by atoms with Crippen molar-refractivity contribution in [1.29, 1.82) is 0 Å². The van der Waals surface area contributed by atoms with Crippen molar-refractivity contribution in [3.63, 3.8) is 0 Å². The lowest BCUT2D eigenvalue weighted by molar-refractivity contribution is 0.669. The van der Waals surface area contributed by atoms with E-state index in [2.05, 4.69) is 66.7 Å². The Morgan fingerprint density at radius 2 is 0.840 bits per heavy atom. The largest absolute Gasteiger partial charge is 0.456 e. The SMILES string of the molecule is [2H]c1c([2H])c(N(c2ccc(-c3ccccc3)cc2)c2ccc3c4ccccc4c4ccccc4c3c2)c([2H])c([2H])c1-c1ccc2oc3ccccc3c2c1. The fraction of sp³-hybridized carbons (Fsp3) is 0. The van der Waals surface area contributed by atoms with Crippen LogP contribution in [0, 0.1) is 0 Å². The van der Waals surface area contributed by atoms with Gasteiger partial charge in [0.25, 0.3) is 0 Å². The van der Waals surface area contributed by atoms with E-state index in [1.165, 1.54) is 5.39 Å². The molecule has 0 amide bonds. The quantitative estimate of drug-likeness (QED) is 0.174. The minimum Gasteiger partial charge on any atom is -0.456 e. The van der Waals surface area contributed by atoms with Gasteiger partial charge >= 0.3 is 0 Å². The number of benzene rings is 9. The maximum absolute atomic E-state index is 9.54. The van der Waals surface area contributed by atoms with E-state index >= 15 is 0 Å². The number of para-hydroxylation sites is 1. The van der Waals surface area contributed by atoms with E-state index in [0.29, 0.717) is 11.1 Å². The zero-order valence-corrected chi connectivity index (χ0v) is 26.9. The Balaban J connectivity index is 1.21. The van der Waals surface area contributed by atoms with Crippen LogP contribution in [-0.4, -0.2) is 0 Å². The van der Waals surface area contributed by atoms with Gasteiger partial charge in [-0.05, 0) is 109 Å². The van der Waals surface area contributed by atoms with Crippen LogP contribution >= 0.6 is 0 Å². The maximum Gasteiger partial charge on any atom is 0.135 e. The number of nitrogens with zero attached hydrogens (tertiary/aromatic N) is 1. The summed E-state index contributed by atoms with van der Waals surface area (Å²) < 4.78 is 43.9. The summed E-state index contributed by atoms with van der Waals surface area (Å²) in [6, 6.07) is 54.1. The average molecular weight is 642 g/mol. The lowest BCUT2D eigenvalue weighted by Crippen LogP contribution is -2.10. The van der Waals surface area contributed by atoms with Crippen molar-refractivity contribution in [2.24, 2.45) is 0 Å². The van der Waals surface area contributed by atoms with Gasteiger partial charge in [-0.1, -0.05) is 133 Å². The monoisotopic (exact) mass is 641 g/mol. The molecule has 0 radical (unpaired) electrons. The van der Waals surface area contributed by atoms with Crippen LogP contribution in [0.2, 0.25) is 0 Å². The number of furan rings is 1.